The van der Waals surface area contributed by atoms with E-state index in [0.717, 1.165) is 39.3 Å². The van der Waals surface area contributed by atoms with Gasteiger partial charge in [0, 0.05) is 47.7 Å². The number of carbonyl (C=O) groups excluding carboxylic acids is 1. The van der Waals surface area contributed by atoms with E-state index < -0.39 is 0 Å². The number of carbonyl (C=O) groups is 1. The first-order chi connectivity index (χ1) is 15.0. The van der Waals surface area contributed by atoms with Crippen LogP contribution in [0.1, 0.15) is 21.6 Å². The molecule has 1 heterocycles. The number of aromatic nitrogens is 1. The molecule has 156 valence electrons. The van der Waals surface area contributed by atoms with Crippen LogP contribution >= 0.6 is 0 Å². The minimum atomic E-state index is -0.168. The van der Waals surface area contributed by atoms with Crippen molar-refractivity contribution in [2.45, 2.75) is 13.5 Å². The summed E-state index contributed by atoms with van der Waals surface area (Å²) in [5.74, 6) is 0.601. The van der Waals surface area contributed by atoms with Crippen molar-refractivity contribution in [1.29, 1.82) is 0 Å². The number of nitrogens with one attached hydrogen (secondary N) is 1. The lowest BCUT2D eigenvalue weighted by Crippen LogP contribution is -2.15. The van der Waals surface area contributed by atoms with Crippen molar-refractivity contribution in [3.05, 3.63) is 95.7 Å². The van der Waals surface area contributed by atoms with Gasteiger partial charge < -0.3 is 15.0 Å². The van der Waals surface area contributed by atoms with Gasteiger partial charge in [0.25, 0.3) is 5.91 Å². The number of ether oxygens (including phenoxy) is 1. The number of pyridine rings is 1. The van der Waals surface area contributed by atoms with Gasteiger partial charge >= 0.3 is 0 Å². The normalized spacial score (nSPS) is 10.7. The number of anilines is 2. The Morgan fingerprint density at radius 2 is 1.71 bits per heavy atom. The molecule has 0 radical (unpaired) electrons. The first-order valence-electron chi connectivity index (χ1n) is 10.2. The van der Waals surface area contributed by atoms with E-state index in [-0.39, 0.29) is 5.91 Å². The molecule has 0 aliphatic rings. The number of nitrogens with zero attached hydrogens (tertiary/aromatic N) is 2. The molecule has 0 spiro atoms. The first kappa shape index (κ1) is 20.4. The second-order valence-corrected chi connectivity index (χ2v) is 7.62. The second kappa shape index (κ2) is 8.88. The van der Waals surface area contributed by atoms with Crippen LogP contribution in [0.4, 0.5) is 11.4 Å². The molecule has 0 aliphatic carbocycles. The van der Waals surface area contributed by atoms with Gasteiger partial charge in [-0.2, -0.15) is 0 Å². The van der Waals surface area contributed by atoms with Crippen LogP contribution in [0.25, 0.3) is 10.9 Å². The topological polar surface area (TPSA) is 54.5 Å². The molecule has 1 aromatic heterocycles. The molecule has 0 saturated heterocycles. The molecule has 4 aromatic rings. The Balaban J connectivity index is 1.58. The zero-order valence-electron chi connectivity index (χ0n) is 17.9. The number of benzene rings is 3. The first-order valence-corrected chi connectivity index (χ1v) is 10.2. The number of fused-ring (bicyclic) bond motifs is 1. The third kappa shape index (κ3) is 4.67. The minimum absolute atomic E-state index is 0.168. The number of hydrogen-bond donors (Lipinski definition) is 1. The molecule has 0 atom stereocenters. The van der Waals surface area contributed by atoms with Gasteiger partial charge in [0.15, 0.2) is 0 Å². The van der Waals surface area contributed by atoms with Crippen molar-refractivity contribution in [3.8, 4) is 5.75 Å². The molecule has 4 rings (SSSR count). The number of hydrogen-bond acceptors (Lipinski definition) is 4. The van der Waals surface area contributed by atoms with E-state index in [9.17, 15) is 4.79 Å². The van der Waals surface area contributed by atoms with E-state index in [1.165, 1.54) is 0 Å². The van der Waals surface area contributed by atoms with Crippen LogP contribution in [0.3, 0.4) is 0 Å². The summed E-state index contributed by atoms with van der Waals surface area (Å²) in [6, 6.07) is 24.9. The van der Waals surface area contributed by atoms with Crippen LogP contribution in [0.2, 0.25) is 0 Å². The highest BCUT2D eigenvalue weighted by Gasteiger charge is 2.13. The summed E-state index contributed by atoms with van der Waals surface area (Å²) in [5.41, 5.74) is 5.07. The van der Waals surface area contributed by atoms with E-state index in [4.69, 9.17) is 4.74 Å². The fraction of sp³-hybridized carbons (Fsp3) is 0.154. The lowest BCUT2D eigenvalue weighted by molar-refractivity contribution is 0.102. The summed E-state index contributed by atoms with van der Waals surface area (Å²) in [6.07, 6.45) is 0. The summed E-state index contributed by atoms with van der Waals surface area (Å²) >= 11 is 0. The van der Waals surface area contributed by atoms with Gasteiger partial charge in [-0.25, -0.2) is 0 Å². The molecule has 0 unspecified atom stereocenters. The van der Waals surface area contributed by atoms with Gasteiger partial charge in [-0.05, 0) is 49.4 Å². The quantitative estimate of drug-likeness (QED) is 0.459. The largest absolute Gasteiger partial charge is 0.489 e. The Hall–Kier alpha value is -3.86. The van der Waals surface area contributed by atoms with E-state index in [2.05, 4.69) is 15.2 Å². The Morgan fingerprint density at radius 3 is 2.48 bits per heavy atom. The van der Waals surface area contributed by atoms with Crippen LogP contribution in [0.5, 0.6) is 5.75 Å². The average Bonchev–Trinajstić information content (AvgIpc) is 2.78. The Labute approximate surface area is 182 Å². The molecule has 1 N–H and O–H groups in total. The fourth-order valence-electron chi connectivity index (χ4n) is 3.53. The lowest BCUT2D eigenvalue weighted by atomic mass is 10.1. The second-order valence-electron chi connectivity index (χ2n) is 7.62. The third-order valence-corrected chi connectivity index (χ3v) is 5.05. The smallest absolute Gasteiger partial charge is 0.256 e. The van der Waals surface area contributed by atoms with Gasteiger partial charge in [-0.3, -0.25) is 9.78 Å². The maximum Gasteiger partial charge on any atom is 0.256 e. The summed E-state index contributed by atoms with van der Waals surface area (Å²) in [4.78, 5) is 19.7. The summed E-state index contributed by atoms with van der Waals surface area (Å²) in [6.45, 7) is 2.30. The monoisotopic (exact) mass is 411 g/mol. The van der Waals surface area contributed by atoms with Gasteiger partial charge in [-0.1, -0.05) is 36.4 Å². The van der Waals surface area contributed by atoms with Gasteiger partial charge in [0.2, 0.25) is 0 Å². The van der Waals surface area contributed by atoms with E-state index in [0.29, 0.717) is 12.2 Å². The summed E-state index contributed by atoms with van der Waals surface area (Å²) in [7, 11) is 4.00. The summed E-state index contributed by atoms with van der Waals surface area (Å²) in [5, 5.41) is 4.02. The maximum atomic E-state index is 13.1. The van der Waals surface area contributed by atoms with Crippen LogP contribution in [-0.4, -0.2) is 25.0 Å². The minimum Gasteiger partial charge on any atom is -0.489 e. The van der Waals surface area contributed by atoms with Crippen molar-refractivity contribution in [1.82, 2.24) is 4.98 Å². The fourth-order valence-corrected chi connectivity index (χ4v) is 3.53. The Kier molecular flexibility index (Phi) is 5.85. The van der Waals surface area contributed by atoms with E-state index in [1.807, 2.05) is 99.9 Å². The van der Waals surface area contributed by atoms with Crippen LogP contribution in [0.15, 0.2) is 78.9 Å². The zero-order valence-corrected chi connectivity index (χ0v) is 17.9. The maximum absolute atomic E-state index is 13.1. The molecular formula is C26H25N3O2. The highest BCUT2D eigenvalue weighted by Crippen LogP contribution is 2.28. The van der Waals surface area contributed by atoms with Crippen LogP contribution in [-0.2, 0) is 6.61 Å². The molecule has 0 saturated carbocycles. The number of para-hydroxylation sites is 1. The Morgan fingerprint density at radius 1 is 0.968 bits per heavy atom. The standard InChI is InChI=1S/C26H25N3O2/c1-18-15-25(29(2)3)23-16-20(13-14-24(23)27-18)28-26(30)22-12-8-7-9-19(22)17-31-21-10-5-4-6-11-21/h4-16H,17H2,1-3H3,(H,28,30). The van der Waals surface area contributed by atoms with E-state index in [1.54, 1.807) is 0 Å². The van der Waals surface area contributed by atoms with Crippen molar-refractivity contribution < 1.29 is 9.53 Å². The molecule has 5 heteroatoms. The average molecular weight is 412 g/mol. The molecule has 5 nitrogen and oxygen atoms in total. The van der Waals surface area contributed by atoms with Crippen molar-refractivity contribution in [2.24, 2.45) is 0 Å². The third-order valence-electron chi connectivity index (χ3n) is 5.05. The van der Waals surface area contributed by atoms with Crippen molar-refractivity contribution in [2.75, 3.05) is 24.3 Å². The highest BCUT2D eigenvalue weighted by molar-refractivity contribution is 6.06. The molecule has 31 heavy (non-hydrogen) atoms. The number of aryl methyl sites for hydroxylation is 1. The predicted molar refractivity (Wildman–Crippen MR) is 126 cm³/mol. The molecule has 0 fully saturated rings. The van der Waals surface area contributed by atoms with Gasteiger partial charge in [-0.15, -0.1) is 0 Å². The van der Waals surface area contributed by atoms with E-state index >= 15 is 0 Å². The predicted octanol–water partition coefficient (Wildman–Crippen LogP) is 5.44. The van der Waals surface area contributed by atoms with Gasteiger partial charge in [0.1, 0.15) is 12.4 Å². The Bertz CT molecular complexity index is 1220. The zero-order chi connectivity index (χ0) is 21.8. The SMILES string of the molecule is Cc1cc(N(C)C)c2cc(NC(=O)c3ccccc3COc3ccccc3)ccc2n1. The lowest BCUT2D eigenvalue weighted by Gasteiger charge is -2.17. The molecule has 1 amide bonds. The highest BCUT2D eigenvalue weighted by atomic mass is 16.5. The van der Waals surface area contributed by atoms with Gasteiger partial charge in [0.05, 0.1) is 5.52 Å². The molecule has 3 aromatic carbocycles. The van der Waals surface area contributed by atoms with Crippen molar-refractivity contribution in [3.63, 3.8) is 0 Å². The number of rotatable bonds is 6. The van der Waals surface area contributed by atoms with Crippen LogP contribution < -0.4 is 15.0 Å². The van der Waals surface area contributed by atoms with Crippen molar-refractivity contribution >= 4 is 28.2 Å². The summed E-state index contributed by atoms with van der Waals surface area (Å²) < 4.78 is 5.85. The molecule has 0 aliphatic heterocycles. The number of amides is 1. The molecule has 0 bridgehead atoms. The van der Waals surface area contributed by atoms with Crippen LogP contribution in [0, 0.1) is 6.92 Å². The molecular weight excluding hydrogens is 386 g/mol.